The van der Waals surface area contributed by atoms with Crippen molar-refractivity contribution in [2.24, 2.45) is 0 Å². The second-order valence-electron chi connectivity index (χ2n) is 3.30. The van der Waals surface area contributed by atoms with Gasteiger partial charge in [0.05, 0.1) is 10.4 Å². The lowest BCUT2D eigenvalue weighted by Crippen LogP contribution is -2.05. The van der Waals surface area contributed by atoms with Crippen molar-refractivity contribution < 1.29 is 13.3 Å². The lowest BCUT2D eigenvalue weighted by atomic mass is 10.3. The summed E-state index contributed by atoms with van der Waals surface area (Å²) >= 11 is 0. The molecule has 2 aromatic rings. The van der Waals surface area contributed by atoms with E-state index in [4.69, 9.17) is 0 Å². The highest BCUT2D eigenvalue weighted by atomic mass is 32.2. The third-order valence-electron chi connectivity index (χ3n) is 1.96. The van der Waals surface area contributed by atoms with Crippen LogP contribution in [0.4, 0.5) is 5.69 Å². The molecule has 0 bridgehead atoms. The largest absolute Gasteiger partial charge is 0.271 e. The van der Waals surface area contributed by atoms with Gasteiger partial charge in [-0.2, -0.15) is 0 Å². The molecule has 17 heavy (non-hydrogen) atoms. The van der Waals surface area contributed by atoms with Crippen LogP contribution in [0.15, 0.2) is 23.4 Å². The first kappa shape index (κ1) is 11.3. The Hall–Kier alpha value is -2.16. The van der Waals surface area contributed by atoms with Gasteiger partial charge in [0.2, 0.25) is 9.84 Å². The van der Waals surface area contributed by atoms with Crippen molar-refractivity contribution in [1.82, 2.24) is 15.2 Å². The summed E-state index contributed by atoms with van der Waals surface area (Å²) in [6.07, 6.45) is 0.960. The number of nitro groups is 1. The van der Waals surface area contributed by atoms with Gasteiger partial charge in [0.25, 0.3) is 10.8 Å². The second-order valence-corrected chi connectivity index (χ2v) is 5.21. The summed E-state index contributed by atoms with van der Waals surface area (Å²) in [5.41, 5.74) is 0.262. The summed E-state index contributed by atoms with van der Waals surface area (Å²) in [7, 11) is -3.54. The zero-order chi connectivity index (χ0) is 12.6. The smallest absolute Gasteiger partial charge is 0.258 e. The normalized spacial score (nSPS) is 11.6. The number of fused-ring (bicyclic) bond motifs is 1. The Morgan fingerprint density at radius 1 is 1.24 bits per heavy atom. The van der Waals surface area contributed by atoms with Crippen LogP contribution >= 0.6 is 0 Å². The highest BCUT2D eigenvalue weighted by Gasteiger charge is 2.14. The lowest BCUT2D eigenvalue weighted by Gasteiger charge is -1.98. The molecule has 0 unspecified atom stereocenters. The zero-order valence-corrected chi connectivity index (χ0v) is 9.38. The fourth-order valence-electron chi connectivity index (χ4n) is 1.18. The number of non-ortho nitro benzene ring substituents is 1. The van der Waals surface area contributed by atoms with E-state index in [9.17, 15) is 18.5 Å². The second kappa shape index (κ2) is 3.70. The minimum Gasteiger partial charge on any atom is -0.258 e. The van der Waals surface area contributed by atoms with Crippen LogP contribution in [0, 0.1) is 10.1 Å². The number of benzene rings is 1. The van der Waals surface area contributed by atoms with Gasteiger partial charge >= 0.3 is 0 Å². The minimum atomic E-state index is -3.54. The number of sulfone groups is 1. The summed E-state index contributed by atoms with van der Waals surface area (Å²) in [6.45, 7) is 0. The van der Waals surface area contributed by atoms with Gasteiger partial charge in [-0.1, -0.05) is 0 Å². The molecule has 1 heterocycles. The van der Waals surface area contributed by atoms with Gasteiger partial charge in [0.1, 0.15) is 5.52 Å². The minimum absolute atomic E-state index is 0.152. The van der Waals surface area contributed by atoms with Gasteiger partial charge in [0, 0.05) is 18.4 Å². The van der Waals surface area contributed by atoms with Crippen molar-refractivity contribution >= 4 is 26.6 Å². The van der Waals surface area contributed by atoms with Gasteiger partial charge in [-0.3, -0.25) is 10.1 Å². The number of aromatic nitrogens is 3. The van der Waals surface area contributed by atoms with E-state index in [2.05, 4.69) is 15.2 Å². The number of rotatable bonds is 2. The molecule has 0 aliphatic heterocycles. The molecule has 0 amide bonds. The van der Waals surface area contributed by atoms with Crippen LogP contribution in [-0.2, 0) is 9.84 Å². The van der Waals surface area contributed by atoms with Crippen LogP contribution in [-0.4, -0.2) is 34.8 Å². The molecule has 0 N–H and O–H groups in total. The summed E-state index contributed by atoms with van der Waals surface area (Å²) in [5.74, 6) is 0. The quantitative estimate of drug-likeness (QED) is 0.560. The molecule has 0 atom stereocenters. The Morgan fingerprint density at radius 3 is 2.53 bits per heavy atom. The topological polar surface area (TPSA) is 116 Å². The van der Waals surface area contributed by atoms with Crippen molar-refractivity contribution in [2.45, 2.75) is 5.16 Å². The van der Waals surface area contributed by atoms with Crippen molar-refractivity contribution in [3.8, 4) is 0 Å². The van der Waals surface area contributed by atoms with E-state index in [0.717, 1.165) is 6.26 Å². The van der Waals surface area contributed by atoms with E-state index >= 15 is 0 Å². The van der Waals surface area contributed by atoms with E-state index in [-0.39, 0.29) is 16.7 Å². The predicted octanol–water partition coefficient (Wildman–Crippen LogP) is 0.336. The van der Waals surface area contributed by atoms with Gasteiger partial charge in [-0.15, -0.1) is 10.2 Å². The third-order valence-corrected chi connectivity index (χ3v) is 2.80. The Balaban J connectivity index is 2.66. The van der Waals surface area contributed by atoms with Gasteiger partial charge in [0.15, 0.2) is 0 Å². The number of nitrogens with zero attached hydrogens (tertiary/aromatic N) is 4. The molecular formula is C8H6N4O4S. The maximum atomic E-state index is 11.2. The van der Waals surface area contributed by atoms with Crippen molar-refractivity contribution in [1.29, 1.82) is 0 Å². The average Bonchev–Trinajstić information content (AvgIpc) is 2.26. The van der Waals surface area contributed by atoms with E-state index in [1.54, 1.807) is 0 Å². The first-order valence-corrected chi connectivity index (χ1v) is 6.26. The molecule has 0 spiro atoms. The Morgan fingerprint density at radius 2 is 1.94 bits per heavy atom. The number of hydrogen-bond acceptors (Lipinski definition) is 7. The number of hydrogen-bond donors (Lipinski definition) is 0. The highest BCUT2D eigenvalue weighted by Crippen LogP contribution is 2.17. The molecule has 1 aromatic heterocycles. The zero-order valence-electron chi connectivity index (χ0n) is 8.56. The fraction of sp³-hybridized carbons (Fsp3) is 0.125. The molecule has 0 aliphatic carbocycles. The lowest BCUT2D eigenvalue weighted by molar-refractivity contribution is -0.384. The first-order chi connectivity index (χ1) is 7.88. The summed E-state index contributed by atoms with van der Waals surface area (Å²) in [4.78, 5) is 13.7. The highest BCUT2D eigenvalue weighted by molar-refractivity contribution is 7.90. The first-order valence-electron chi connectivity index (χ1n) is 4.37. The summed E-state index contributed by atoms with van der Waals surface area (Å²) in [5, 5.41) is 17.1. The van der Waals surface area contributed by atoms with E-state index in [1.165, 1.54) is 18.2 Å². The molecular weight excluding hydrogens is 248 g/mol. The standard InChI is InChI=1S/C8H6N4O4S/c1-17(15,16)8-9-6-3-2-5(12(13)14)4-7(6)10-11-8/h2-4H,1H3. The van der Waals surface area contributed by atoms with Gasteiger partial charge in [-0.25, -0.2) is 13.4 Å². The summed E-state index contributed by atoms with van der Waals surface area (Å²) < 4.78 is 22.4. The molecule has 0 radical (unpaired) electrons. The van der Waals surface area contributed by atoms with Crippen LogP contribution in [0.1, 0.15) is 0 Å². The third kappa shape index (κ3) is 2.18. The van der Waals surface area contributed by atoms with Crippen molar-refractivity contribution in [3.63, 3.8) is 0 Å². The molecule has 0 saturated heterocycles. The molecule has 0 aliphatic rings. The summed E-state index contributed by atoms with van der Waals surface area (Å²) in [6, 6.07) is 3.74. The Kier molecular flexibility index (Phi) is 2.46. The van der Waals surface area contributed by atoms with Gasteiger partial charge < -0.3 is 0 Å². The average molecular weight is 254 g/mol. The molecule has 88 valence electrons. The van der Waals surface area contributed by atoms with Crippen LogP contribution in [0.2, 0.25) is 0 Å². The van der Waals surface area contributed by atoms with Crippen molar-refractivity contribution in [2.75, 3.05) is 6.26 Å². The number of nitro benzene ring substituents is 1. The SMILES string of the molecule is CS(=O)(=O)c1nnc2cc([N+](=O)[O-])ccc2n1. The maximum Gasteiger partial charge on any atom is 0.271 e. The van der Waals surface area contributed by atoms with E-state index in [1.807, 2.05) is 0 Å². The van der Waals surface area contributed by atoms with Crippen molar-refractivity contribution in [3.05, 3.63) is 28.3 Å². The Labute approximate surface area is 95.4 Å². The van der Waals surface area contributed by atoms with Crippen LogP contribution in [0.25, 0.3) is 11.0 Å². The molecule has 0 saturated carbocycles. The monoisotopic (exact) mass is 254 g/mol. The molecule has 8 nitrogen and oxygen atoms in total. The molecule has 1 aromatic carbocycles. The Bertz CT molecular complexity index is 713. The molecule has 2 rings (SSSR count). The molecule has 9 heteroatoms. The van der Waals surface area contributed by atoms with Gasteiger partial charge in [-0.05, 0) is 6.07 Å². The van der Waals surface area contributed by atoms with Crippen LogP contribution in [0.5, 0.6) is 0 Å². The molecule has 0 fully saturated rings. The van der Waals surface area contributed by atoms with E-state index in [0.29, 0.717) is 0 Å². The van der Waals surface area contributed by atoms with Crippen LogP contribution < -0.4 is 0 Å². The van der Waals surface area contributed by atoms with E-state index < -0.39 is 19.9 Å². The maximum absolute atomic E-state index is 11.2. The van der Waals surface area contributed by atoms with Crippen LogP contribution in [0.3, 0.4) is 0 Å². The fourth-order valence-corrected chi connectivity index (χ4v) is 1.63. The predicted molar refractivity (Wildman–Crippen MR) is 57.1 cm³/mol.